The lowest BCUT2D eigenvalue weighted by Gasteiger charge is -2.50. The van der Waals surface area contributed by atoms with Crippen molar-refractivity contribution in [1.29, 1.82) is 0 Å². The number of aliphatic hydroxyl groups is 4. The molecule has 0 aromatic carbocycles. The van der Waals surface area contributed by atoms with E-state index in [-0.39, 0.29) is 6.61 Å². The summed E-state index contributed by atoms with van der Waals surface area (Å²) in [4.78, 5) is 23.8. The lowest BCUT2D eigenvalue weighted by Crippen LogP contribution is -2.68. The van der Waals surface area contributed by atoms with E-state index in [1.807, 2.05) is 0 Å². The molecule has 3 fully saturated rings. The predicted octanol–water partition coefficient (Wildman–Crippen LogP) is -4.44. The molecule has 0 amide bonds. The van der Waals surface area contributed by atoms with Crippen molar-refractivity contribution in [1.82, 2.24) is 0 Å². The van der Waals surface area contributed by atoms with Gasteiger partial charge in [-0.05, 0) is 6.92 Å². The number of rotatable bonds is 6. The van der Waals surface area contributed by atoms with Gasteiger partial charge < -0.3 is 54.0 Å². The van der Waals surface area contributed by atoms with Gasteiger partial charge >= 0.3 is 0 Å². The molecule has 11 atom stereocenters. The van der Waals surface area contributed by atoms with Crippen molar-refractivity contribution in [3.05, 3.63) is 0 Å². The Morgan fingerprint density at radius 2 is 1.71 bits per heavy atom. The van der Waals surface area contributed by atoms with Crippen molar-refractivity contribution in [2.75, 3.05) is 20.3 Å². The van der Waals surface area contributed by atoms with Gasteiger partial charge in [-0.15, -0.1) is 0 Å². The Balaban J connectivity index is 1.77. The zero-order valence-electron chi connectivity index (χ0n) is 17.2. The van der Waals surface area contributed by atoms with E-state index in [0.29, 0.717) is 0 Å². The van der Waals surface area contributed by atoms with Crippen LogP contribution in [0.25, 0.3) is 0 Å². The Hall–Kier alpha value is -1.10. The van der Waals surface area contributed by atoms with Crippen LogP contribution in [0.4, 0.5) is 0 Å². The summed E-state index contributed by atoms with van der Waals surface area (Å²) in [6.45, 7) is 1.23. The van der Waals surface area contributed by atoms with E-state index in [9.17, 15) is 35.1 Å². The van der Waals surface area contributed by atoms with Crippen LogP contribution >= 0.6 is 0 Å². The van der Waals surface area contributed by atoms with Crippen molar-refractivity contribution in [2.45, 2.75) is 81.0 Å². The highest BCUT2D eigenvalue weighted by Crippen LogP contribution is 2.35. The molecule has 3 heterocycles. The molecule has 3 aliphatic heterocycles. The van der Waals surface area contributed by atoms with Gasteiger partial charge in [-0.25, -0.2) is 0 Å². The first-order valence-corrected chi connectivity index (χ1v) is 9.69. The quantitative estimate of drug-likeness (QED) is 0.302. The van der Waals surface area contributed by atoms with Crippen LogP contribution < -0.4 is 5.11 Å². The fourth-order valence-electron chi connectivity index (χ4n) is 3.70. The number of carbonyl (C=O) groups excluding carboxylic acids is 2. The number of hydrogen-bond acceptors (Lipinski definition) is 13. The van der Waals surface area contributed by atoms with Crippen molar-refractivity contribution in [3.63, 3.8) is 0 Å². The Morgan fingerprint density at radius 1 is 1.06 bits per heavy atom. The first-order valence-electron chi connectivity index (χ1n) is 9.69. The molecular formula is C18H27O13-. The van der Waals surface area contributed by atoms with Gasteiger partial charge in [0.05, 0.1) is 6.61 Å². The maximum atomic E-state index is 12.1. The fourth-order valence-corrected chi connectivity index (χ4v) is 3.70. The van der Waals surface area contributed by atoms with Crippen LogP contribution in [0.15, 0.2) is 0 Å². The van der Waals surface area contributed by atoms with Gasteiger partial charge in [0.2, 0.25) is 5.79 Å². The molecule has 5 unspecified atom stereocenters. The van der Waals surface area contributed by atoms with Crippen LogP contribution in [0.5, 0.6) is 0 Å². The SMILES string of the molecule is CO[C@@H]1OC(C(=O)C[O-])[C@H](O[C@@H]2OC3COC(C)(C(C)=O)O[C@@H]3[C@H](O)C2O)[C@H](O)C1O. The van der Waals surface area contributed by atoms with Crippen molar-refractivity contribution in [3.8, 4) is 0 Å². The molecular weight excluding hydrogens is 424 g/mol. The number of ketones is 2. The van der Waals surface area contributed by atoms with Gasteiger partial charge in [0.1, 0.15) is 54.6 Å². The van der Waals surface area contributed by atoms with E-state index in [2.05, 4.69) is 0 Å². The normalized spacial score (nSPS) is 48.1. The first kappa shape index (κ1) is 24.5. The number of aliphatic hydroxyl groups excluding tert-OH is 4. The minimum absolute atomic E-state index is 0.189. The van der Waals surface area contributed by atoms with Crippen LogP contribution in [0.1, 0.15) is 13.8 Å². The number of Topliss-reactive ketones (excluding diaryl/α,β-unsaturated/α-hetero) is 2. The topological polar surface area (TPSA) is 194 Å². The second-order valence-corrected chi connectivity index (χ2v) is 7.77. The highest BCUT2D eigenvalue weighted by Gasteiger charge is 2.55. The first-order chi connectivity index (χ1) is 14.5. The van der Waals surface area contributed by atoms with Gasteiger partial charge in [0.15, 0.2) is 18.4 Å². The standard InChI is InChI=1S/C18H27O13/c1-6(20)18(2)27-5-8-14(31-18)9(22)12(25)17(28-8)30-15-10(23)11(24)16(26-3)29-13(15)7(21)4-19/h8-17,22-25H,4-5H2,1-3H3/q-1/t8?,9-,10-,11?,12?,13?,14+,15-,16-,17+,18?/m1/s1. The Bertz CT molecular complexity index is 671. The third kappa shape index (κ3) is 4.54. The zero-order valence-corrected chi connectivity index (χ0v) is 17.2. The summed E-state index contributed by atoms with van der Waals surface area (Å²) >= 11 is 0. The lowest BCUT2D eigenvalue weighted by atomic mass is 9.94. The van der Waals surface area contributed by atoms with E-state index >= 15 is 0 Å². The van der Waals surface area contributed by atoms with Crippen molar-refractivity contribution < 1.29 is 63.5 Å². The Kier molecular flexibility index (Phi) is 7.45. The summed E-state index contributed by atoms with van der Waals surface area (Å²) in [6, 6.07) is 0. The lowest BCUT2D eigenvalue weighted by molar-refractivity contribution is -0.393. The molecule has 13 heteroatoms. The highest BCUT2D eigenvalue weighted by atomic mass is 16.8. The predicted molar refractivity (Wildman–Crippen MR) is 93.0 cm³/mol. The molecule has 3 saturated heterocycles. The average Bonchev–Trinajstić information content (AvgIpc) is 2.75. The number of hydrogen-bond donors (Lipinski definition) is 4. The van der Waals surface area contributed by atoms with Crippen LogP contribution in [-0.4, -0.2) is 120 Å². The van der Waals surface area contributed by atoms with Crippen LogP contribution in [0.2, 0.25) is 0 Å². The number of fused-ring (bicyclic) bond motifs is 1. The van der Waals surface area contributed by atoms with E-state index in [1.165, 1.54) is 21.0 Å². The third-order valence-corrected chi connectivity index (χ3v) is 5.69. The molecule has 13 nitrogen and oxygen atoms in total. The van der Waals surface area contributed by atoms with Gasteiger partial charge in [0.25, 0.3) is 0 Å². The summed E-state index contributed by atoms with van der Waals surface area (Å²) in [7, 11) is 1.17. The molecule has 31 heavy (non-hydrogen) atoms. The maximum absolute atomic E-state index is 12.1. The molecule has 178 valence electrons. The van der Waals surface area contributed by atoms with Crippen molar-refractivity contribution >= 4 is 11.6 Å². The van der Waals surface area contributed by atoms with Crippen LogP contribution in [0.3, 0.4) is 0 Å². The third-order valence-electron chi connectivity index (χ3n) is 5.69. The fraction of sp³-hybridized carbons (Fsp3) is 0.889. The van der Waals surface area contributed by atoms with E-state index in [1.54, 1.807) is 0 Å². The molecule has 0 aromatic rings. The maximum Gasteiger partial charge on any atom is 0.226 e. The summed E-state index contributed by atoms with van der Waals surface area (Å²) < 4.78 is 32.1. The van der Waals surface area contributed by atoms with Gasteiger partial charge in [-0.3, -0.25) is 9.59 Å². The average molecular weight is 451 g/mol. The van der Waals surface area contributed by atoms with Gasteiger partial charge in [-0.1, -0.05) is 6.61 Å². The van der Waals surface area contributed by atoms with Gasteiger partial charge in [0, 0.05) is 14.0 Å². The molecule has 0 saturated carbocycles. The van der Waals surface area contributed by atoms with E-state index in [4.69, 9.17) is 28.4 Å². The molecule has 0 spiro atoms. The summed E-state index contributed by atoms with van der Waals surface area (Å²) in [5, 5.41) is 52.7. The number of methoxy groups -OCH3 is 1. The zero-order chi connectivity index (χ0) is 23.1. The Morgan fingerprint density at radius 3 is 2.29 bits per heavy atom. The van der Waals surface area contributed by atoms with Crippen molar-refractivity contribution in [2.24, 2.45) is 0 Å². The molecule has 0 aromatic heterocycles. The molecule has 0 radical (unpaired) electrons. The minimum atomic E-state index is -1.75. The highest BCUT2D eigenvalue weighted by molar-refractivity contribution is 5.84. The molecule has 0 aliphatic carbocycles. The van der Waals surface area contributed by atoms with Gasteiger partial charge in [-0.2, -0.15) is 0 Å². The van der Waals surface area contributed by atoms with E-state index in [0.717, 1.165) is 0 Å². The Labute approximate surface area is 177 Å². The molecule has 0 bridgehead atoms. The minimum Gasteiger partial charge on any atom is -0.849 e. The largest absolute Gasteiger partial charge is 0.849 e. The van der Waals surface area contributed by atoms with Crippen LogP contribution in [-0.2, 0) is 38.0 Å². The molecule has 3 aliphatic rings. The van der Waals surface area contributed by atoms with E-state index < -0.39 is 85.4 Å². The summed E-state index contributed by atoms with van der Waals surface area (Å²) in [5.41, 5.74) is 0. The molecule has 4 N–H and O–H groups in total. The summed E-state index contributed by atoms with van der Waals surface area (Å²) in [5.74, 6) is -3.06. The number of ether oxygens (including phenoxy) is 6. The monoisotopic (exact) mass is 451 g/mol. The number of carbonyl (C=O) groups is 2. The van der Waals surface area contributed by atoms with Crippen LogP contribution in [0, 0.1) is 0 Å². The smallest absolute Gasteiger partial charge is 0.226 e. The molecule has 3 rings (SSSR count). The second-order valence-electron chi connectivity index (χ2n) is 7.77. The summed E-state index contributed by atoms with van der Waals surface area (Å²) in [6.07, 6.45) is -15.0. The second kappa shape index (κ2) is 9.41.